The third kappa shape index (κ3) is 10.4. The SMILES string of the molecule is CON=C(C)C=NO.O.[Ni]. The normalized spacial score (nSPS) is 10.0. The molecule has 0 rings (SSSR count). The van der Waals surface area contributed by atoms with E-state index in [1.165, 1.54) is 13.3 Å². The van der Waals surface area contributed by atoms with Crippen LogP contribution in [0.1, 0.15) is 6.92 Å². The zero-order chi connectivity index (χ0) is 6.41. The number of oxime groups is 2. The van der Waals surface area contributed by atoms with E-state index in [9.17, 15) is 0 Å². The molecule has 0 aliphatic heterocycles. The smallest absolute Gasteiger partial charge is 0.106 e. The third-order valence-corrected chi connectivity index (χ3v) is 0.480. The van der Waals surface area contributed by atoms with Crippen molar-refractivity contribution in [2.24, 2.45) is 10.3 Å². The van der Waals surface area contributed by atoms with E-state index >= 15 is 0 Å². The maximum Gasteiger partial charge on any atom is 0.106 e. The standard InChI is InChI=1S/C4H8N2O2.Ni.H2O/c1-4(3-5-7)6-8-2;;/h3,7H,1-2H3;;1H2. The molecule has 5 nitrogen and oxygen atoms in total. The Morgan fingerprint density at radius 1 is 1.60 bits per heavy atom. The zero-order valence-electron chi connectivity index (χ0n) is 5.64. The van der Waals surface area contributed by atoms with Crippen LogP contribution in [0, 0.1) is 0 Å². The minimum Gasteiger partial charge on any atom is -0.412 e. The topological polar surface area (TPSA) is 85.7 Å². The van der Waals surface area contributed by atoms with Gasteiger partial charge in [-0.25, -0.2) is 0 Å². The molecule has 0 radical (unpaired) electrons. The Bertz CT molecular complexity index is 115. The average Bonchev–Trinajstić information content (AvgIpc) is 1.68. The van der Waals surface area contributed by atoms with Gasteiger partial charge in [0.05, 0.1) is 11.9 Å². The van der Waals surface area contributed by atoms with Crippen LogP contribution >= 0.6 is 0 Å². The maximum absolute atomic E-state index is 7.90. The number of rotatable bonds is 2. The molecule has 6 heteroatoms. The van der Waals surface area contributed by atoms with Crippen molar-refractivity contribution in [3.05, 3.63) is 0 Å². The summed E-state index contributed by atoms with van der Waals surface area (Å²) in [4.78, 5) is 4.34. The van der Waals surface area contributed by atoms with E-state index in [2.05, 4.69) is 15.1 Å². The number of hydrogen-bond donors (Lipinski definition) is 1. The van der Waals surface area contributed by atoms with E-state index < -0.39 is 0 Å². The third-order valence-electron chi connectivity index (χ3n) is 0.480. The summed E-state index contributed by atoms with van der Waals surface area (Å²) in [7, 11) is 1.43. The van der Waals surface area contributed by atoms with Crippen LogP contribution < -0.4 is 0 Å². The molecule has 0 saturated heterocycles. The van der Waals surface area contributed by atoms with Crippen LogP contribution in [0.3, 0.4) is 0 Å². The van der Waals surface area contributed by atoms with E-state index in [4.69, 9.17) is 5.21 Å². The molecule has 0 aromatic rings. The van der Waals surface area contributed by atoms with Gasteiger partial charge >= 0.3 is 0 Å². The first-order valence-electron chi connectivity index (χ1n) is 2.06. The second-order valence-electron chi connectivity index (χ2n) is 1.16. The molecule has 0 fully saturated rings. The summed E-state index contributed by atoms with van der Waals surface area (Å²) >= 11 is 0. The summed E-state index contributed by atoms with van der Waals surface area (Å²) in [6.45, 7) is 1.66. The van der Waals surface area contributed by atoms with Crippen molar-refractivity contribution in [1.29, 1.82) is 0 Å². The van der Waals surface area contributed by atoms with Crippen molar-refractivity contribution < 1.29 is 32.0 Å². The molecule has 0 heterocycles. The van der Waals surface area contributed by atoms with Gasteiger partial charge in [-0.15, -0.1) is 0 Å². The molecule has 0 aliphatic carbocycles. The fourth-order valence-corrected chi connectivity index (χ4v) is 0.251. The Hall–Kier alpha value is -0.606. The Morgan fingerprint density at radius 3 is 2.40 bits per heavy atom. The summed E-state index contributed by atoms with van der Waals surface area (Å²) in [5.41, 5.74) is 0.523. The van der Waals surface area contributed by atoms with Crippen molar-refractivity contribution in [3.63, 3.8) is 0 Å². The average molecular weight is 193 g/mol. The zero-order valence-corrected chi connectivity index (χ0v) is 6.63. The molecule has 0 amide bonds. The Morgan fingerprint density at radius 2 is 2.10 bits per heavy atom. The largest absolute Gasteiger partial charge is 0.412 e. The monoisotopic (exact) mass is 192 g/mol. The van der Waals surface area contributed by atoms with Crippen LogP contribution in [0.2, 0.25) is 0 Å². The van der Waals surface area contributed by atoms with Crippen molar-refractivity contribution in [2.45, 2.75) is 6.92 Å². The Kier molecular flexibility index (Phi) is 18.2. The summed E-state index contributed by atoms with van der Waals surface area (Å²) in [6, 6.07) is 0. The van der Waals surface area contributed by atoms with Crippen LogP contribution in [0.25, 0.3) is 0 Å². The summed E-state index contributed by atoms with van der Waals surface area (Å²) in [5.74, 6) is 0. The molecule has 0 aromatic heterocycles. The van der Waals surface area contributed by atoms with Gasteiger partial charge in [0.2, 0.25) is 0 Å². The molecular weight excluding hydrogens is 183 g/mol. The van der Waals surface area contributed by atoms with Crippen LogP contribution in [0.15, 0.2) is 10.3 Å². The molecule has 0 spiro atoms. The number of hydrogen-bond acceptors (Lipinski definition) is 4. The van der Waals surface area contributed by atoms with E-state index in [1.807, 2.05) is 0 Å². The van der Waals surface area contributed by atoms with Crippen molar-refractivity contribution >= 4 is 11.9 Å². The van der Waals surface area contributed by atoms with Crippen molar-refractivity contribution in [1.82, 2.24) is 0 Å². The van der Waals surface area contributed by atoms with Gasteiger partial charge in [0.1, 0.15) is 7.11 Å². The number of nitrogens with zero attached hydrogens (tertiary/aromatic N) is 2. The fourth-order valence-electron chi connectivity index (χ4n) is 0.251. The summed E-state index contributed by atoms with van der Waals surface area (Å²) in [5, 5.41) is 14.0. The molecule has 0 saturated carbocycles. The predicted octanol–water partition coefficient (Wildman–Crippen LogP) is -0.358. The van der Waals surface area contributed by atoms with Gasteiger partial charge < -0.3 is 15.5 Å². The second-order valence-corrected chi connectivity index (χ2v) is 1.16. The van der Waals surface area contributed by atoms with E-state index in [0.29, 0.717) is 5.71 Å². The van der Waals surface area contributed by atoms with E-state index in [0.717, 1.165) is 0 Å². The minimum absolute atomic E-state index is 0. The molecule has 0 aromatic carbocycles. The summed E-state index contributed by atoms with van der Waals surface area (Å²) < 4.78 is 0. The Labute approximate surface area is 69.0 Å². The van der Waals surface area contributed by atoms with E-state index in [1.54, 1.807) is 6.92 Å². The quantitative estimate of drug-likeness (QED) is 0.281. The second kappa shape index (κ2) is 11.2. The van der Waals surface area contributed by atoms with Crippen LogP contribution in [-0.4, -0.2) is 29.7 Å². The first-order chi connectivity index (χ1) is 3.81. The first kappa shape index (κ1) is 16.2. The molecule has 0 unspecified atom stereocenters. The Balaban J connectivity index is -0.000000245. The maximum atomic E-state index is 7.90. The molecule has 0 atom stereocenters. The van der Waals surface area contributed by atoms with Crippen molar-refractivity contribution in [3.8, 4) is 0 Å². The van der Waals surface area contributed by atoms with Gasteiger partial charge in [-0.3, -0.25) is 0 Å². The summed E-state index contributed by atoms with van der Waals surface area (Å²) in [6.07, 6.45) is 1.18. The van der Waals surface area contributed by atoms with Gasteiger partial charge in [0, 0.05) is 16.5 Å². The van der Waals surface area contributed by atoms with Crippen LogP contribution in [0.5, 0.6) is 0 Å². The van der Waals surface area contributed by atoms with Gasteiger partial charge in [-0.2, -0.15) is 0 Å². The molecule has 0 bridgehead atoms. The predicted molar refractivity (Wildman–Crippen MR) is 34.0 cm³/mol. The minimum atomic E-state index is 0. The van der Waals surface area contributed by atoms with E-state index in [-0.39, 0.29) is 22.0 Å². The molecular formula is C4H10N2NiO3. The molecule has 0 aliphatic rings. The van der Waals surface area contributed by atoms with Gasteiger partial charge in [0.25, 0.3) is 0 Å². The molecule has 64 valence electrons. The first-order valence-corrected chi connectivity index (χ1v) is 2.06. The van der Waals surface area contributed by atoms with Crippen LogP contribution in [-0.2, 0) is 21.3 Å². The van der Waals surface area contributed by atoms with Gasteiger partial charge in [-0.05, 0) is 6.92 Å². The van der Waals surface area contributed by atoms with Gasteiger partial charge in [-0.1, -0.05) is 10.3 Å². The fraction of sp³-hybridized carbons (Fsp3) is 0.500. The molecule has 3 N–H and O–H groups in total. The van der Waals surface area contributed by atoms with Crippen molar-refractivity contribution in [2.75, 3.05) is 7.11 Å². The van der Waals surface area contributed by atoms with Gasteiger partial charge in [0.15, 0.2) is 0 Å². The molecule has 10 heavy (non-hydrogen) atoms. The van der Waals surface area contributed by atoms with Crippen LogP contribution in [0.4, 0.5) is 0 Å².